The maximum Gasteiger partial charge on any atom is 0.328 e. The summed E-state index contributed by atoms with van der Waals surface area (Å²) in [5.41, 5.74) is 1.02. The van der Waals surface area contributed by atoms with Crippen LogP contribution in [0.15, 0.2) is 30.3 Å². The van der Waals surface area contributed by atoms with Crippen LogP contribution < -0.4 is 5.32 Å². The minimum atomic E-state index is -0.563. The standard InChI is InChI=1S/C18H26N2O3/c1-13(2)11-15-17(21)20(10-9-19-15)16(18(22)23-3)12-14-7-5-4-6-8-14/h4-8,13,15-16,19H,9-12H2,1-3H3/t15-,16-/m0/s1. The predicted octanol–water partition coefficient (Wildman–Crippen LogP) is 1.62. The average molecular weight is 318 g/mol. The highest BCUT2D eigenvalue weighted by Gasteiger charge is 2.37. The molecule has 1 N–H and O–H groups in total. The summed E-state index contributed by atoms with van der Waals surface area (Å²) in [7, 11) is 1.37. The molecule has 1 aromatic rings. The van der Waals surface area contributed by atoms with Crippen LogP contribution in [0.25, 0.3) is 0 Å². The van der Waals surface area contributed by atoms with E-state index >= 15 is 0 Å². The molecule has 1 aromatic carbocycles. The highest BCUT2D eigenvalue weighted by atomic mass is 16.5. The van der Waals surface area contributed by atoms with Crippen molar-refractivity contribution in [3.8, 4) is 0 Å². The molecule has 0 aromatic heterocycles. The quantitative estimate of drug-likeness (QED) is 0.810. The fraction of sp³-hybridized carbons (Fsp3) is 0.556. The van der Waals surface area contributed by atoms with Gasteiger partial charge in [-0.2, -0.15) is 0 Å². The molecule has 0 spiro atoms. The Morgan fingerprint density at radius 2 is 2.04 bits per heavy atom. The smallest absolute Gasteiger partial charge is 0.328 e. The van der Waals surface area contributed by atoms with E-state index in [1.807, 2.05) is 30.3 Å². The van der Waals surface area contributed by atoms with E-state index in [0.717, 1.165) is 12.0 Å². The van der Waals surface area contributed by atoms with E-state index < -0.39 is 6.04 Å². The topological polar surface area (TPSA) is 58.6 Å². The predicted molar refractivity (Wildman–Crippen MR) is 88.9 cm³/mol. The summed E-state index contributed by atoms with van der Waals surface area (Å²) in [6, 6.07) is 8.96. The number of benzene rings is 1. The SMILES string of the molecule is COC(=O)[C@H](Cc1ccccc1)N1CCN[C@@H](CC(C)C)C1=O. The molecular formula is C18H26N2O3. The number of rotatable bonds is 6. The van der Waals surface area contributed by atoms with Gasteiger partial charge in [-0.1, -0.05) is 44.2 Å². The Bertz CT molecular complexity index is 530. The van der Waals surface area contributed by atoms with Crippen LogP contribution in [0.5, 0.6) is 0 Å². The Morgan fingerprint density at radius 3 is 2.65 bits per heavy atom. The van der Waals surface area contributed by atoms with E-state index in [9.17, 15) is 9.59 Å². The Balaban J connectivity index is 2.17. The second kappa shape index (κ2) is 8.11. The highest BCUT2D eigenvalue weighted by molar-refractivity contribution is 5.88. The van der Waals surface area contributed by atoms with E-state index in [-0.39, 0.29) is 17.9 Å². The van der Waals surface area contributed by atoms with Crippen molar-refractivity contribution in [3.05, 3.63) is 35.9 Å². The zero-order chi connectivity index (χ0) is 16.8. The van der Waals surface area contributed by atoms with Gasteiger partial charge in [0.05, 0.1) is 13.2 Å². The fourth-order valence-electron chi connectivity index (χ4n) is 3.02. The molecule has 23 heavy (non-hydrogen) atoms. The molecule has 1 heterocycles. The van der Waals surface area contributed by atoms with Gasteiger partial charge in [0.1, 0.15) is 6.04 Å². The van der Waals surface area contributed by atoms with Crippen molar-refractivity contribution < 1.29 is 14.3 Å². The third kappa shape index (κ3) is 4.55. The van der Waals surface area contributed by atoms with E-state index in [4.69, 9.17) is 4.74 Å². The van der Waals surface area contributed by atoms with E-state index in [1.54, 1.807) is 4.90 Å². The number of amides is 1. The van der Waals surface area contributed by atoms with Crippen molar-refractivity contribution in [2.75, 3.05) is 20.2 Å². The van der Waals surface area contributed by atoms with Crippen molar-refractivity contribution in [3.63, 3.8) is 0 Å². The number of hydrogen-bond donors (Lipinski definition) is 1. The molecule has 0 radical (unpaired) electrons. The first-order valence-corrected chi connectivity index (χ1v) is 8.18. The van der Waals surface area contributed by atoms with Crippen LogP contribution in [0.1, 0.15) is 25.8 Å². The molecule has 0 aliphatic carbocycles. The fourth-order valence-corrected chi connectivity index (χ4v) is 3.02. The molecule has 2 rings (SSSR count). The molecular weight excluding hydrogens is 292 g/mol. The molecule has 5 heteroatoms. The van der Waals surface area contributed by atoms with Gasteiger partial charge in [-0.25, -0.2) is 4.79 Å². The summed E-state index contributed by atoms with van der Waals surface area (Å²) in [6.07, 6.45) is 1.25. The van der Waals surface area contributed by atoms with Crippen molar-refractivity contribution in [1.29, 1.82) is 0 Å². The molecule has 1 aliphatic rings. The van der Waals surface area contributed by atoms with E-state index in [2.05, 4.69) is 19.2 Å². The van der Waals surface area contributed by atoms with Gasteiger partial charge in [-0.15, -0.1) is 0 Å². The molecule has 126 valence electrons. The number of esters is 1. The average Bonchev–Trinajstić information content (AvgIpc) is 2.55. The number of carbonyl (C=O) groups excluding carboxylic acids is 2. The molecule has 1 fully saturated rings. The lowest BCUT2D eigenvalue weighted by molar-refractivity contribution is -0.155. The first kappa shape index (κ1) is 17.5. The minimum absolute atomic E-state index is 0.00344. The van der Waals surface area contributed by atoms with Crippen LogP contribution >= 0.6 is 0 Å². The van der Waals surface area contributed by atoms with Gasteiger partial charge in [-0.3, -0.25) is 4.79 Å². The minimum Gasteiger partial charge on any atom is -0.467 e. The van der Waals surface area contributed by atoms with Gasteiger partial charge >= 0.3 is 5.97 Å². The van der Waals surface area contributed by atoms with Gasteiger partial charge in [-0.05, 0) is 17.9 Å². The van der Waals surface area contributed by atoms with Crippen molar-refractivity contribution >= 4 is 11.9 Å². The number of ether oxygens (including phenoxy) is 1. The summed E-state index contributed by atoms with van der Waals surface area (Å²) >= 11 is 0. The molecule has 1 amide bonds. The summed E-state index contributed by atoms with van der Waals surface area (Å²) < 4.78 is 4.95. The van der Waals surface area contributed by atoms with Gasteiger partial charge in [0.2, 0.25) is 5.91 Å². The Hall–Kier alpha value is -1.88. The van der Waals surface area contributed by atoms with Gasteiger partial charge < -0.3 is 15.0 Å². The molecule has 2 atom stereocenters. The molecule has 1 aliphatic heterocycles. The molecule has 0 saturated carbocycles. The van der Waals surface area contributed by atoms with Crippen molar-refractivity contribution in [2.45, 2.75) is 38.8 Å². The van der Waals surface area contributed by atoms with Crippen molar-refractivity contribution in [2.24, 2.45) is 5.92 Å². The van der Waals surface area contributed by atoms with Crippen LogP contribution in [-0.4, -0.2) is 49.1 Å². The molecule has 1 saturated heterocycles. The molecule has 0 bridgehead atoms. The van der Waals surface area contributed by atoms with Crippen LogP contribution in [0.4, 0.5) is 0 Å². The normalized spacial score (nSPS) is 19.7. The largest absolute Gasteiger partial charge is 0.467 e. The zero-order valence-corrected chi connectivity index (χ0v) is 14.1. The van der Waals surface area contributed by atoms with Crippen LogP contribution in [-0.2, 0) is 20.7 Å². The second-order valence-corrected chi connectivity index (χ2v) is 6.40. The van der Waals surface area contributed by atoms with E-state index in [0.29, 0.717) is 25.4 Å². The number of nitrogens with one attached hydrogen (secondary N) is 1. The van der Waals surface area contributed by atoms with Gasteiger partial charge in [0, 0.05) is 19.5 Å². The zero-order valence-electron chi connectivity index (χ0n) is 14.1. The molecule has 5 nitrogen and oxygen atoms in total. The maximum atomic E-state index is 12.8. The number of piperazine rings is 1. The first-order valence-electron chi connectivity index (χ1n) is 8.18. The lowest BCUT2D eigenvalue weighted by Gasteiger charge is -2.38. The summed E-state index contributed by atoms with van der Waals surface area (Å²) in [4.78, 5) is 26.7. The van der Waals surface area contributed by atoms with Crippen molar-refractivity contribution in [1.82, 2.24) is 10.2 Å². The third-order valence-electron chi connectivity index (χ3n) is 4.15. The lowest BCUT2D eigenvalue weighted by Crippen LogP contribution is -2.60. The Morgan fingerprint density at radius 1 is 1.35 bits per heavy atom. The number of methoxy groups -OCH3 is 1. The first-order chi connectivity index (χ1) is 11.0. The number of nitrogens with zero attached hydrogens (tertiary/aromatic N) is 1. The maximum absolute atomic E-state index is 12.8. The summed E-state index contributed by atoms with van der Waals surface area (Å²) in [5.74, 6) is 0.0609. The summed E-state index contributed by atoms with van der Waals surface area (Å²) in [5, 5.41) is 3.26. The number of hydrogen-bond acceptors (Lipinski definition) is 4. The third-order valence-corrected chi connectivity index (χ3v) is 4.15. The second-order valence-electron chi connectivity index (χ2n) is 6.40. The number of carbonyl (C=O) groups is 2. The molecule has 0 unspecified atom stereocenters. The van der Waals surface area contributed by atoms with Gasteiger partial charge in [0.15, 0.2) is 0 Å². The van der Waals surface area contributed by atoms with Crippen LogP contribution in [0.3, 0.4) is 0 Å². The van der Waals surface area contributed by atoms with Crippen LogP contribution in [0, 0.1) is 5.92 Å². The Kier molecular flexibility index (Phi) is 6.16. The Labute approximate surface area is 138 Å². The highest BCUT2D eigenvalue weighted by Crippen LogP contribution is 2.17. The van der Waals surface area contributed by atoms with Crippen LogP contribution in [0.2, 0.25) is 0 Å². The summed E-state index contributed by atoms with van der Waals surface area (Å²) in [6.45, 7) is 5.41. The monoisotopic (exact) mass is 318 g/mol. The lowest BCUT2D eigenvalue weighted by atomic mass is 9.98. The van der Waals surface area contributed by atoms with E-state index in [1.165, 1.54) is 7.11 Å². The van der Waals surface area contributed by atoms with Gasteiger partial charge in [0.25, 0.3) is 0 Å².